The van der Waals surface area contributed by atoms with Gasteiger partial charge in [-0.1, -0.05) is 0 Å². The molecule has 5 heteroatoms. The molecule has 5 nitrogen and oxygen atoms in total. The van der Waals surface area contributed by atoms with E-state index < -0.39 is 0 Å². The Morgan fingerprint density at radius 3 is 2.53 bits per heavy atom. The van der Waals surface area contributed by atoms with Gasteiger partial charge >= 0.3 is 5.97 Å². The highest BCUT2D eigenvalue weighted by atomic mass is 16.5. The zero-order chi connectivity index (χ0) is 14.6. The quantitative estimate of drug-likeness (QED) is 0.628. The number of rotatable bonds is 5. The predicted molar refractivity (Wildman–Crippen MR) is 78.4 cm³/mol. The number of anilines is 2. The minimum atomic E-state index is -0.383. The van der Waals surface area contributed by atoms with Crippen LogP contribution in [0.4, 0.5) is 11.4 Å². The number of carbonyl (C=O) groups is 1. The summed E-state index contributed by atoms with van der Waals surface area (Å²) in [7, 11) is 5.42. The summed E-state index contributed by atoms with van der Waals surface area (Å²) in [6.45, 7) is 5.03. The number of nitrogens with one attached hydrogen (secondary N) is 1. The van der Waals surface area contributed by atoms with Gasteiger partial charge < -0.3 is 20.7 Å². The molecule has 1 aromatic rings. The van der Waals surface area contributed by atoms with Gasteiger partial charge in [0.25, 0.3) is 0 Å². The molecule has 0 aliphatic heterocycles. The van der Waals surface area contributed by atoms with Crippen molar-refractivity contribution in [3.8, 4) is 0 Å². The Balaban J connectivity index is 2.79. The molecule has 0 saturated carbocycles. The number of nitrogen functional groups attached to an aromatic ring is 1. The standard InChI is InChI=1S/C14H23N3O2/c1-14(2,17(3)4)9-16-12-7-6-10(8-11(12)15)13(18)19-5/h6-8,16H,9,15H2,1-5H3. The third-order valence-corrected chi connectivity index (χ3v) is 3.39. The number of hydrogen-bond acceptors (Lipinski definition) is 5. The molecule has 0 heterocycles. The van der Waals surface area contributed by atoms with Crippen LogP contribution in [0.5, 0.6) is 0 Å². The molecule has 0 aliphatic carbocycles. The van der Waals surface area contributed by atoms with Gasteiger partial charge in [0.05, 0.1) is 24.0 Å². The first-order valence-electron chi connectivity index (χ1n) is 6.17. The first-order chi connectivity index (χ1) is 8.77. The van der Waals surface area contributed by atoms with E-state index in [9.17, 15) is 4.79 Å². The molecule has 0 aliphatic rings. The van der Waals surface area contributed by atoms with Crippen LogP contribution < -0.4 is 11.1 Å². The Bertz CT molecular complexity index is 456. The Kier molecular flexibility index (Phi) is 4.78. The highest BCUT2D eigenvalue weighted by Gasteiger charge is 2.20. The molecule has 19 heavy (non-hydrogen) atoms. The lowest BCUT2D eigenvalue weighted by atomic mass is 10.0. The smallest absolute Gasteiger partial charge is 0.337 e. The lowest BCUT2D eigenvalue weighted by Crippen LogP contribution is -2.44. The van der Waals surface area contributed by atoms with Crippen molar-refractivity contribution in [3.63, 3.8) is 0 Å². The molecule has 0 unspecified atom stereocenters. The fourth-order valence-corrected chi connectivity index (χ4v) is 1.44. The molecule has 0 radical (unpaired) electrons. The van der Waals surface area contributed by atoms with Crippen LogP contribution in [0.3, 0.4) is 0 Å². The Hall–Kier alpha value is -1.75. The van der Waals surface area contributed by atoms with Gasteiger partial charge in [0.15, 0.2) is 0 Å². The fraction of sp³-hybridized carbons (Fsp3) is 0.500. The zero-order valence-corrected chi connectivity index (χ0v) is 12.3. The molecule has 0 spiro atoms. The summed E-state index contributed by atoms with van der Waals surface area (Å²) in [5.41, 5.74) is 7.76. The van der Waals surface area contributed by atoms with E-state index >= 15 is 0 Å². The van der Waals surface area contributed by atoms with Crippen LogP contribution >= 0.6 is 0 Å². The van der Waals surface area contributed by atoms with Crippen molar-refractivity contribution >= 4 is 17.3 Å². The molecule has 0 bridgehead atoms. The summed E-state index contributed by atoms with van der Waals surface area (Å²) in [5.74, 6) is -0.383. The molecular weight excluding hydrogens is 242 g/mol. The van der Waals surface area contributed by atoms with E-state index in [4.69, 9.17) is 5.73 Å². The lowest BCUT2D eigenvalue weighted by molar-refractivity contribution is 0.0601. The van der Waals surface area contributed by atoms with Gasteiger partial charge in [-0.2, -0.15) is 0 Å². The maximum atomic E-state index is 11.4. The monoisotopic (exact) mass is 265 g/mol. The second-order valence-corrected chi connectivity index (χ2v) is 5.35. The van der Waals surface area contributed by atoms with Gasteiger partial charge in [0.1, 0.15) is 0 Å². The summed E-state index contributed by atoms with van der Waals surface area (Å²) >= 11 is 0. The first-order valence-corrected chi connectivity index (χ1v) is 6.17. The minimum Gasteiger partial charge on any atom is -0.465 e. The SMILES string of the molecule is COC(=O)c1ccc(NCC(C)(C)N(C)C)c(N)c1. The molecule has 0 amide bonds. The third kappa shape index (κ3) is 3.86. The van der Waals surface area contributed by atoms with Crippen LogP contribution in [0.2, 0.25) is 0 Å². The van der Waals surface area contributed by atoms with Gasteiger partial charge in [-0.05, 0) is 46.1 Å². The summed E-state index contributed by atoms with van der Waals surface area (Å²) in [6.07, 6.45) is 0. The highest BCUT2D eigenvalue weighted by Crippen LogP contribution is 2.22. The number of nitrogens with zero attached hydrogens (tertiary/aromatic N) is 1. The van der Waals surface area contributed by atoms with E-state index in [1.54, 1.807) is 18.2 Å². The number of likely N-dealkylation sites (N-methyl/N-ethyl adjacent to an activating group) is 1. The number of methoxy groups -OCH3 is 1. The van der Waals surface area contributed by atoms with Gasteiger partial charge in [-0.3, -0.25) is 0 Å². The largest absolute Gasteiger partial charge is 0.465 e. The maximum Gasteiger partial charge on any atom is 0.337 e. The molecule has 0 atom stereocenters. The Labute approximate surface area is 114 Å². The summed E-state index contributed by atoms with van der Waals surface area (Å²) in [6, 6.07) is 5.12. The van der Waals surface area contributed by atoms with Gasteiger partial charge in [-0.15, -0.1) is 0 Å². The molecule has 1 rings (SSSR count). The number of nitrogens with two attached hydrogens (primary N) is 1. The van der Waals surface area contributed by atoms with Crippen LogP contribution in [-0.2, 0) is 4.74 Å². The van der Waals surface area contributed by atoms with Gasteiger partial charge in [0.2, 0.25) is 0 Å². The lowest BCUT2D eigenvalue weighted by Gasteiger charge is -2.33. The van der Waals surface area contributed by atoms with E-state index in [0.717, 1.165) is 12.2 Å². The van der Waals surface area contributed by atoms with Crippen LogP contribution in [0, 0.1) is 0 Å². The van der Waals surface area contributed by atoms with Crippen LogP contribution in [0.1, 0.15) is 24.2 Å². The summed E-state index contributed by atoms with van der Waals surface area (Å²) in [4.78, 5) is 13.5. The van der Waals surface area contributed by atoms with Crippen LogP contribution in [-0.4, -0.2) is 44.2 Å². The average molecular weight is 265 g/mol. The normalized spacial score (nSPS) is 11.5. The Morgan fingerprint density at radius 1 is 1.42 bits per heavy atom. The second-order valence-electron chi connectivity index (χ2n) is 5.35. The molecular formula is C14H23N3O2. The van der Waals surface area contributed by atoms with Crippen molar-refractivity contribution in [1.29, 1.82) is 0 Å². The third-order valence-electron chi connectivity index (χ3n) is 3.39. The van der Waals surface area contributed by atoms with Crippen molar-refractivity contribution in [2.75, 3.05) is 38.8 Å². The van der Waals surface area contributed by atoms with E-state index in [2.05, 4.69) is 28.8 Å². The van der Waals surface area contributed by atoms with Crippen LogP contribution in [0.25, 0.3) is 0 Å². The number of benzene rings is 1. The van der Waals surface area contributed by atoms with E-state index in [-0.39, 0.29) is 11.5 Å². The van der Waals surface area contributed by atoms with E-state index in [1.807, 2.05) is 14.1 Å². The number of hydrogen-bond donors (Lipinski definition) is 2. The maximum absolute atomic E-state index is 11.4. The van der Waals surface area contributed by atoms with Gasteiger partial charge in [-0.25, -0.2) is 4.79 Å². The minimum absolute atomic E-state index is 0.00740. The van der Waals surface area contributed by atoms with Gasteiger partial charge in [0, 0.05) is 12.1 Å². The van der Waals surface area contributed by atoms with Crippen molar-refractivity contribution in [1.82, 2.24) is 4.90 Å². The molecule has 0 saturated heterocycles. The summed E-state index contributed by atoms with van der Waals surface area (Å²) < 4.78 is 4.66. The Morgan fingerprint density at radius 2 is 2.05 bits per heavy atom. The molecule has 1 aromatic carbocycles. The predicted octanol–water partition coefficient (Wildman–Crippen LogP) is 1.81. The molecule has 3 N–H and O–H groups in total. The summed E-state index contributed by atoms with van der Waals surface area (Å²) in [5, 5.41) is 3.30. The highest BCUT2D eigenvalue weighted by molar-refractivity contribution is 5.91. The number of esters is 1. The number of ether oxygens (including phenoxy) is 1. The average Bonchev–Trinajstić information content (AvgIpc) is 2.36. The molecule has 0 fully saturated rings. The molecule has 0 aromatic heterocycles. The van der Waals surface area contributed by atoms with E-state index in [0.29, 0.717) is 11.3 Å². The fourth-order valence-electron chi connectivity index (χ4n) is 1.44. The van der Waals surface area contributed by atoms with Crippen LogP contribution in [0.15, 0.2) is 18.2 Å². The van der Waals surface area contributed by atoms with Crippen molar-refractivity contribution in [2.24, 2.45) is 0 Å². The van der Waals surface area contributed by atoms with E-state index in [1.165, 1.54) is 7.11 Å². The second kappa shape index (κ2) is 5.93. The first kappa shape index (κ1) is 15.3. The number of carbonyl (C=O) groups excluding carboxylic acids is 1. The van der Waals surface area contributed by atoms with Crippen molar-refractivity contribution < 1.29 is 9.53 Å². The van der Waals surface area contributed by atoms with Crippen molar-refractivity contribution in [2.45, 2.75) is 19.4 Å². The zero-order valence-electron chi connectivity index (χ0n) is 12.3. The van der Waals surface area contributed by atoms with Crippen molar-refractivity contribution in [3.05, 3.63) is 23.8 Å². The molecule has 106 valence electrons. The topological polar surface area (TPSA) is 67.6 Å².